The SMILES string of the molecule is CN=C(NCc1cccc(NC(C)=O)c1)N1CCN(S(=O)(=O)Cc2ccon2)CC1. The number of nitrogens with one attached hydrogen (secondary N) is 2. The summed E-state index contributed by atoms with van der Waals surface area (Å²) < 4.78 is 31.3. The van der Waals surface area contributed by atoms with Gasteiger partial charge >= 0.3 is 0 Å². The van der Waals surface area contributed by atoms with E-state index >= 15 is 0 Å². The zero-order valence-corrected chi connectivity index (χ0v) is 17.9. The molecule has 0 unspecified atom stereocenters. The number of sulfonamides is 1. The highest BCUT2D eigenvalue weighted by atomic mass is 32.2. The molecular weight excluding hydrogens is 408 g/mol. The maximum atomic E-state index is 12.6. The highest BCUT2D eigenvalue weighted by molar-refractivity contribution is 7.88. The van der Waals surface area contributed by atoms with Gasteiger partial charge in [-0.3, -0.25) is 9.79 Å². The van der Waals surface area contributed by atoms with Crippen LogP contribution in [0.4, 0.5) is 5.69 Å². The summed E-state index contributed by atoms with van der Waals surface area (Å²) in [6, 6.07) is 9.12. The van der Waals surface area contributed by atoms with E-state index in [1.54, 1.807) is 13.1 Å². The molecule has 2 aromatic rings. The average Bonchev–Trinajstić information content (AvgIpc) is 3.21. The van der Waals surface area contributed by atoms with Gasteiger partial charge in [0.15, 0.2) is 5.96 Å². The number of carbonyl (C=O) groups is 1. The molecule has 0 aliphatic carbocycles. The maximum absolute atomic E-state index is 12.6. The van der Waals surface area contributed by atoms with Crippen molar-refractivity contribution >= 4 is 27.6 Å². The van der Waals surface area contributed by atoms with Crippen LogP contribution in [0.15, 0.2) is 46.1 Å². The van der Waals surface area contributed by atoms with Crippen LogP contribution in [0.1, 0.15) is 18.2 Å². The monoisotopic (exact) mass is 434 g/mol. The normalized spacial score (nSPS) is 15.8. The predicted molar refractivity (Wildman–Crippen MR) is 113 cm³/mol. The minimum atomic E-state index is -3.44. The molecule has 1 aromatic heterocycles. The smallest absolute Gasteiger partial charge is 0.221 e. The van der Waals surface area contributed by atoms with Gasteiger partial charge < -0.3 is 20.1 Å². The van der Waals surface area contributed by atoms with E-state index < -0.39 is 10.0 Å². The van der Waals surface area contributed by atoms with Gasteiger partial charge in [-0.1, -0.05) is 17.3 Å². The Kier molecular flexibility index (Phi) is 7.06. The summed E-state index contributed by atoms with van der Waals surface area (Å²) in [5.41, 5.74) is 2.13. The Bertz CT molecular complexity index is 982. The molecule has 1 fully saturated rings. The molecule has 1 aromatic carbocycles. The van der Waals surface area contributed by atoms with E-state index in [4.69, 9.17) is 4.52 Å². The topological polar surface area (TPSA) is 120 Å². The third kappa shape index (κ3) is 5.80. The summed E-state index contributed by atoms with van der Waals surface area (Å²) >= 11 is 0. The van der Waals surface area contributed by atoms with Crippen LogP contribution in [0.5, 0.6) is 0 Å². The number of aliphatic imine (C=N–C) groups is 1. The first-order valence-corrected chi connectivity index (χ1v) is 11.2. The molecule has 0 saturated carbocycles. The first-order valence-electron chi connectivity index (χ1n) is 9.56. The van der Waals surface area contributed by atoms with Crippen molar-refractivity contribution in [2.75, 3.05) is 38.5 Å². The lowest BCUT2D eigenvalue weighted by Crippen LogP contribution is -2.53. The number of benzene rings is 1. The van der Waals surface area contributed by atoms with Crippen LogP contribution >= 0.6 is 0 Å². The molecule has 11 heteroatoms. The molecule has 10 nitrogen and oxygen atoms in total. The van der Waals surface area contributed by atoms with Gasteiger partial charge in [-0.25, -0.2) is 8.42 Å². The molecule has 30 heavy (non-hydrogen) atoms. The third-order valence-electron chi connectivity index (χ3n) is 4.66. The lowest BCUT2D eigenvalue weighted by atomic mass is 10.2. The van der Waals surface area contributed by atoms with E-state index in [2.05, 4.69) is 20.8 Å². The van der Waals surface area contributed by atoms with Crippen LogP contribution in [0.2, 0.25) is 0 Å². The second-order valence-electron chi connectivity index (χ2n) is 6.92. The lowest BCUT2D eigenvalue weighted by Gasteiger charge is -2.35. The van der Waals surface area contributed by atoms with Gasteiger partial charge in [0.05, 0.1) is 5.69 Å². The zero-order valence-electron chi connectivity index (χ0n) is 17.0. The van der Waals surface area contributed by atoms with E-state index in [-0.39, 0.29) is 11.7 Å². The molecule has 1 saturated heterocycles. The fourth-order valence-electron chi connectivity index (χ4n) is 3.24. The molecule has 0 spiro atoms. The van der Waals surface area contributed by atoms with Gasteiger partial charge in [-0.05, 0) is 17.7 Å². The summed E-state index contributed by atoms with van der Waals surface area (Å²) in [7, 11) is -1.74. The molecule has 162 valence electrons. The third-order valence-corrected chi connectivity index (χ3v) is 6.48. The van der Waals surface area contributed by atoms with Crippen molar-refractivity contribution in [3.8, 4) is 0 Å². The van der Waals surface area contributed by atoms with Crippen molar-refractivity contribution in [3.05, 3.63) is 47.9 Å². The van der Waals surface area contributed by atoms with Gasteiger partial charge in [0.25, 0.3) is 0 Å². The standard InChI is InChI=1S/C19H26N6O4S/c1-15(26)22-17-5-3-4-16(12-17)13-21-19(20-2)24-7-9-25(10-8-24)30(27,28)14-18-6-11-29-23-18/h3-6,11-12H,7-10,13-14H2,1-2H3,(H,20,21)(H,22,26). The van der Waals surface area contributed by atoms with Crippen LogP contribution < -0.4 is 10.6 Å². The number of hydrogen-bond acceptors (Lipinski definition) is 6. The van der Waals surface area contributed by atoms with E-state index in [9.17, 15) is 13.2 Å². The molecule has 3 rings (SSSR count). The Morgan fingerprint density at radius 2 is 2.00 bits per heavy atom. The highest BCUT2D eigenvalue weighted by Crippen LogP contribution is 2.14. The minimum absolute atomic E-state index is 0.118. The van der Waals surface area contributed by atoms with Crippen molar-refractivity contribution in [1.29, 1.82) is 0 Å². The molecule has 0 radical (unpaired) electrons. The predicted octanol–water partition coefficient (Wildman–Crippen LogP) is 0.856. The molecule has 2 N–H and O–H groups in total. The number of guanidine groups is 1. The number of piperazine rings is 1. The van der Waals surface area contributed by atoms with Crippen molar-refractivity contribution in [3.63, 3.8) is 0 Å². The molecule has 1 amide bonds. The first kappa shape index (κ1) is 21.8. The quantitative estimate of drug-likeness (QED) is 0.511. The highest BCUT2D eigenvalue weighted by Gasteiger charge is 2.28. The number of aromatic nitrogens is 1. The number of amides is 1. The van der Waals surface area contributed by atoms with Crippen molar-refractivity contribution in [2.24, 2.45) is 4.99 Å². The Hall–Kier alpha value is -2.92. The van der Waals surface area contributed by atoms with Crippen molar-refractivity contribution < 1.29 is 17.7 Å². The second-order valence-corrected chi connectivity index (χ2v) is 8.88. The van der Waals surface area contributed by atoms with Crippen LogP contribution in [0, 0.1) is 0 Å². The van der Waals surface area contributed by atoms with E-state index in [0.29, 0.717) is 44.4 Å². The average molecular weight is 435 g/mol. The van der Waals surface area contributed by atoms with Crippen molar-refractivity contribution in [1.82, 2.24) is 19.7 Å². The van der Waals surface area contributed by atoms with Gasteiger partial charge in [0.1, 0.15) is 12.0 Å². The maximum Gasteiger partial charge on any atom is 0.221 e. The van der Waals surface area contributed by atoms with Crippen LogP contribution in [-0.4, -0.2) is 67.9 Å². The number of carbonyl (C=O) groups excluding carboxylic acids is 1. The van der Waals surface area contributed by atoms with Crippen LogP contribution in [0.25, 0.3) is 0 Å². The molecule has 1 aliphatic heterocycles. The molecule has 2 heterocycles. The number of rotatable bonds is 6. The van der Waals surface area contributed by atoms with Crippen LogP contribution in [0.3, 0.4) is 0 Å². The first-order chi connectivity index (χ1) is 14.4. The molecule has 0 atom stereocenters. The van der Waals surface area contributed by atoms with Gasteiger partial charge in [0, 0.05) is 58.4 Å². The second kappa shape index (κ2) is 9.72. The Morgan fingerprint density at radius 3 is 2.63 bits per heavy atom. The van der Waals surface area contributed by atoms with Gasteiger partial charge in [0.2, 0.25) is 15.9 Å². The summed E-state index contributed by atoms with van der Waals surface area (Å²) in [6.07, 6.45) is 1.37. The van der Waals surface area contributed by atoms with E-state index in [1.807, 2.05) is 29.2 Å². The molecular formula is C19H26N6O4S. The molecule has 1 aliphatic rings. The Labute approximate surface area is 176 Å². The van der Waals surface area contributed by atoms with Crippen molar-refractivity contribution in [2.45, 2.75) is 19.2 Å². The lowest BCUT2D eigenvalue weighted by molar-refractivity contribution is -0.114. The van der Waals surface area contributed by atoms with E-state index in [1.165, 1.54) is 17.5 Å². The fourth-order valence-corrected chi connectivity index (χ4v) is 4.67. The summed E-state index contributed by atoms with van der Waals surface area (Å²) in [5.74, 6) is 0.418. The Balaban J connectivity index is 1.53. The minimum Gasteiger partial charge on any atom is -0.364 e. The van der Waals surface area contributed by atoms with Gasteiger partial charge in [-0.15, -0.1) is 0 Å². The molecule has 0 bridgehead atoms. The fraction of sp³-hybridized carbons (Fsp3) is 0.421. The Morgan fingerprint density at radius 1 is 1.23 bits per heavy atom. The summed E-state index contributed by atoms with van der Waals surface area (Å²) in [4.78, 5) is 17.6. The summed E-state index contributed by atoms with van der Waals surface area (Å²) in [5, 5.41) is 9.75. The summed E-state index contributed by atoms with van der Waals surface area (Å²) in [6.45, 7) is 3.81. The van der Waals surface area contributed by atoms with E-state index in [0.717, 1.165) is 11.3 Å². The largest absolute Gasteiger partial charge is 0.364 e. The zero-order chi connectivity index (χ0) is 21.6. The number of anilines is 1. The van der Waals surface area contributed by atoms with Gasteiger partial charge in [-0.2, -0.15) is 4.31 Å². The van der Waals surface area contributed by atoms with Crippen LogP contribution in [-0.2, 0) is 27.1 Å². The number of hydrogen-bond donors (Lipinski definition) is 2. The number of nitrogens with zero attached hydrogens (tertiary/aromatic N) is 4.